The predicted molar refractivity (Wildman–Crippen MR) is 95.5 cm³/mol. The Balaban J connectivity index is 1.71. The number of anilines is 3. The lowest BCUT2D eigenvalue weighted by Gasteiger charge is -2.30. The Morgan fingerprint density at radius 2 is 1.83 bits per heavy atom. The van der Waals surface area contributed by atoms with Crippen molar-refractivity contribution in [2.24, 2.45) is 0 Å². The standard InChI is InChI=1S/C18H20N4O2/c1-13-6-8-14(9-7-13)20-18(24)21-15-4-2-3-5-16(15)22-11-10-19-17(23)12-22/h2-9H,10-12H2,1H3,(H,19,23)(H2,20,21,24). The van der Waals surface area contributed by atoms with Gasteiger partial charge >= 0.3 is 6.03 Å². The molecule has 3 rings (SSSR count). The molecule has 1 saturated heterocycles. The van der Waals surface area contributed by atoms with Gasteiger partial charge in [0.05, 0.1) is 17.9 Å². The summed E-state index contributed by atoms with van der Waals surface area (Å²) in [5.74, 6) is -0.0137. The van der Waals surface area contributed by atoms with Crippen molar-refractivity contribution in [3.63, 3.8) is 0 Å². The number of aryl methyl sites for hydroxylation is 1. The van der Waals surface area contributed by atoms with Crippen LogP contribution in [0.4, 0.5) is 21.9 Å². The number of piperazine rings is 1. The van der Waals surface area contributed by atoms with E-state index in [1.807, 2.05) is 60.4 Å². The molecule has 2 aromatic carbocycles. The van der Waals surface area contributed by atoms with E-state index in [0.717, 1.165) is 16.9 Å². The number of para-hydroxylation sites is 2. The van der Waals surface area contributed by atoms with Crippen LogP contribution in [0.25, 0.3) is 0 Å². The van der Waals surface area contributed by atoms with Crippen LogP contribution in [0.3, 0.4) is 0 Å². The summed E-state index contributed by atoms with van der Waals surface area (Å²) in [7, 11) is 0. The molecule has 0 aliphatic carbocycles. The van der Waals surface area contributed by atoms with Crippen LogP contribution >= 0.6 is 0 Å². The Morgan fingerprint density at radius 1 is 1.08 bits per heavy atom. The molecule has 0 unspecified atom stereocenters. The van der Waals surface area contributed by atoms with Crippen molar-refractivity contribution in [3.05, 3.63) is 54.1 Å². The maximum atomic E-state index is 12.2. The third kappa shape index (κ3) is 3.84. The fourth-order valence-corrected chi connectivity index (χ4v) is 2.62. The van der Waals surface area contributed by atoms with Gasteiger partial charge in [0.25, 0.3) is 0 Å². The number of carbonyl (C=O) groups is 2. The number of nitrogens with zero attached hydrogens (tertiary/aromatic N) is 1. The summed E-state index contributed by atoms with van der Waals surface area (Å²) in [6.07, 6.45) is 0. The van der Waals surface area contributed by atoms with Crippen LogP contribution in [0.2, 0.25) is 0 Å². The number of rotatable bonds is 3. The van der Waals surface area contributed by atoms with E-state index in [4.69, 9.17) is 0 Å². The van der Waals surface area contributed by atoms with Gasteiger partial charge in [0.1, 0.15) is 0 Å². The minimum absolute atomic E-state index is 0.0137. The molecular weight excluding hydrogens is 304 g/mol. The van der Waals surface area contributed by atoms with E-state index in [0.29, 0.717) is 18.8 Å². The van der Waals surface area contributed by atoms with Crippen molar-refractivity contribution < 1.29 is 9.59 Å². The van der Waals surface area contributed by atoms with Crippen molar-refractivity contribution in [2.45, 2.75) is 6.92 Å². The fraction of sp³-hybridized carbons (Fsp3) is 0.222. The molecule has 1 aliphatic rings. The van der Waals surface area contributed by atoms with E-state index >= 15 is 0 Å². The van der Waals surface area contributed by atoms with Gasteiger partial charge < -0.3 is 20.9 Å². The van der Waals surface area contributed by atoms with E-state index in [1.165, 1.54) is 0 Å². The normalized spacial score (nSPS) is 14.0. The van der Waals surface area contributed by atoms with Gasteiger partial charge in [0.2, 0.25) is 5.91 Å². The van der Waals surface area contributed by atoms with Gasteiger partial charge in [0, 0.05) is 18.8 Å². The van der Waals surface area contributed by atoms with Crippen LogP contribution < -0.4 is 20.9 Å². The molecule has 0 radical (unpaired) electrons. The van der Waals surface area contributed by atoms with Gasteiger partial charge in [-0.05, 0) is 31.2 Å². The van der Waals surface area contributed by atoms with E-state index in [-0.39, 0.29) is 18.5 Å². The molecule has 0 bridgehead atoms. The molecule has 0 atom stereocenters. The Hall–Kier alpha value is -3.02. The monoisotopic (exact) mass is 324 g/mol. The molecule has 6 heteroatoms. The second kappa shape index (κ2) is 7.04. The van der Waals surface area contributed by atoms with Crippen LogP contribution in [-0.2, 0) is 4.79 Å². The molecule has 0 aromatic heterocycles. The van der Waals surface area contributed by atoms with Crippen LogP contribution in [0, 0.1) is 6.92 Å². The summed E-state index contributed by atoms with van der Waals surface area (Å²) < 4.78 is 0. The van der Waals surface area contributed by atoms with E-state index < -0.39 is 0 Å². The molecule has 24 heavy (non-hydrogen) atoms. The summed E-state index contributed by atoms with van der Waals surface area (Å²) >= 11 is 0. The van der Waals surface area contributed by atoms with Crippen LogP contribution in [-0.4, -0.2) is 31.6 Å². The summed E-state index contributed by atoms with van der Waals surface area (Å²) in [5.41, 5.74) is 3.38. The van der Waals surface area contributed by atoms with Crippen LogP contribution in [0.5, 0.6) is 0 Å². The highest BCUT2D eigenvalue weighted by Crippen LogP contribution is 2.26. The fourth-order valence-electron chi connectivity index (χ4n) is 2.62. The third-order valence-corrected chi connectivity index (χ3v) is 3.84. The quantitative estimate of drug-likeness (QED) is 0.812. The highest BCUT2D eigenvalue weighted by atomic mass is 16.2. The van der Waals surface area contributed by atoms with E-state index in [2.05, 4.69) is 16.0 Å². The average Bonchev–Trinajstić information content (AvgIpc) is 2.57. The Kier molecular flexibility index (Phi) is 4.65. The number of amides is 3. The molecule has 2 aromatic rings. The maximum Gasteiger partial charge on any atom is 0.323 e. The number of nitrogens with one attached hydrogen (secondary N) is 3. The smallest absolute Gasteiger partial charge is 0.323 e. The van der Waals surface area contributed by atoms with Crippen molar-refractivity contribution in [1.29, 1.82) is 0 Å². The number of benzene rings is 2. The lowest BCUT2D eigenvalue weighted by atomic mass is 10.2. The van der Waals surface area contributed by atoms with E-state index in [1.54, 1.807) is 0 Å². The zero-order valence-electron chi connectivity index (χ0n) is 13.5. The predicted octanol–water partition coefficient (Wildman–Crippen LogP) is 2.58. The Morgan fingerprint density at radius 3 is 2.58 bits per heavy atom. The van der Waals surface area contributed by atoms with Crippen molar-refractivity contribution in [2.75, 3.05) is 35.2 Å². The van der Waals surface area contributed by atoms with Gasteiger partial charge in [-0.1, -0.05) is 29.8 Å². The van der Waals surface area contributed by atoms with Crippen molar-refractivity contribution >= 4 is 29.0 Å². The third-order valence-electron chi connectivity index (χ3n) is 3.84. The minimum Gasteiger partial charge on any atom is -0.359 e. The first-order valence-corrected chi connectivity index (χ1v) is 7.87. The zero-order valence-corrected chi connectivity index (χ0v) is 13.5. The number of hydrogen-bond donors (Lipinski definition) is 3. The first-order chi connectivity index (χ1) is 11.6. The summed E-state index contributed by atoms with van der Waals surface area (Å²) in [6, 6.07) is 14.8. The molecule has 1 heterocycles. The van der Waals surface area contributed by atoms with Gasteiger partial charge in [-0.25, -0.2) is 4.79 Å². The first kappa shape index (κ1) is 15.9. The lowest BCUT2D eigenvalue weighted by Crippen LogP contribution is -2.48. The summed E-state index contributed by atoms with van der Waals surface area (Å²) in [4.78, 5) is 25.8. The second-order valence-electron chi connectivity index (χ2n) is 5.73. The molecule has 1 fully saturated rings. The molecule has 3 amide bonds. The first-order valence-electron chi connectivity index (χ1n) is 7.87. The molecular formula is C18H20N4O2. The topological polar surface area (TPSA) is 73.5 Å². The Labute approximate surface area is 140 Å². The molecule has 1 aliphatic heterocycles. The van der Waals surface area contributed by atoms with Crippen LogP contribution in [0.15, 0.2) is 48.5 Å². The largest absolute Gasteiger partial charge is 0.359 e. The second-order valence-corrected chi connectivity index (χ2v) is 5.73. The number of hydrogen-bond acceptors (Lipinski definition) is 3. The average molecular weight is 324 g/mol. The number of carbonyl (C=O) groups excluding carboxylic acids is 2. The summed E-state index contributed by atoms with van der Waals surface area (Å²) in [5, 5.41) is 8.47. The molecule has 0 spiro atoms. The minimum atomic E-state index is -0.312. The molecule has 6 nitrogen and oxygen atoms in total. The highest BCUT2D eigenvalue weighted by Gasteiger charge is 2.19. The molecule has 124 valence electrons. The van der Waals surface area contributed by atoms with Gasteiger partial charge in [-0.2, -0.15) is 0 Å². The highest BCUT2D eigenvalue weighted by molar-refractivity contribution is 6.02. The molecule has 3 N–H and O–H groups in total. The Bertz CT molecular complexity index is 743. The van der Waals surface area contributed by atoms with Gasteiger partial charge in [-0.3, -0.25) is 4.79 Å². The lowest BCUT2D eigenvalue weighted by molar-refractivity contribution is -0.120. The number of urea groups is 1. The van der Waals surface area contributed by atoms with Crippen molar-refractivity contribution in [1.82, 2.24) is 5.32 Å². The van der Waals surface area contributed by atoms with Crippen LogP contribution in [0.1, 0.15) is 5.56 Å². The SMILES string of the molecule is Cc1ccc(NC(=O)Nc2ccccc2N2CCNC(=O)C2)cc1. The van der Waals surface area contributed by atoms with E-state index in [9.17, 15) is 9.59 Å². The van der Waals surface area contributed by atoms with Crippen molar-refractivity contribution in [3.8, 4) is 0 Å². The zero-order chi connectivity index (χ0) is 16.9. The molecule has 0 saturated carbocycles. The van der Waals surface area contributed by atoms with Gasteiger partial charge in [-0.15, -0.1) is 0 Å². The maximum absolute atomic E-state index is 12.2. The van der Waals surface area contributed by atoms with Gasteiger partial charge in [0.15, 0.2) is 0 Å². The summed E-state index contributed by atoms with van der Waals surface area (Å²) in [6.45, 7) is 3.60.